The number of anilines is 1. The van der Waals surface area contributed by atoms with Crippen molar-refractivity contribution in [2.24, 2.45) is 0 Å². The molecule has 0 unspecified atom stereocenters. The molecule has 4 rings (SSSR count). The molecular weight excluding hydrogens is 412 g/mol. The zero-order chi connectivity index (χ0) is 23.8. The van der Waals surface area contributed by atoms with Crippen LogP contribution in [0.25, 0.3) is 0 Å². The van der Waals surface area contributed by atoms with Crippen molar-refractivity contribution in [3.8, 4) is 0 Å². The highest BCUT2D eigenvalue weighted by Crippen LogP contribution is 2.35. The van der Waals surface area contributed by atoms with E-state index in [1.54, 1.807) is 18.2 Å². The number of fused-ring (bicyclic) bond motifs is 1. The molecule has 3 aromatic carbocycles. The summed E-state index contributed by atoms with van der Waals surface area (Å²) in [7, 11) is 0. The maximum atomic E-state index is 13.6. The number of hydrogen-bond acceptors (Lipinski definition) is 3. The van der Waals surface area contributed by atoms with Gasteiger partial charge < -0.3 is 5.32 Å². The molecule has 0 saturated carbocycles. The Morgan fingerprint density at radius 2 is 1.42 bits per heavy atom. The maximum Gasteiger partial charge on any atom is 0.266 e. The van der Waals surface area contributed by atoms with E-state index in [0.29, 0.717) is 18.5 Å². The third kappa shape index (κ3) is 3.84. The number of carbonyl (C=O) groups excluding carboxylic acids is 3. The quantitative estimate of drug-likeness (QED) is 0.531. The zero-order valence-corrected chi connectivity index (χ0v) is 19.4. The smallest absolute Gasteiger partial charge is 0.266 e. The second-order valence-corrected chi connectivity index (χ2v) is 8.75. The number of nitrogens with one attached hydrogen (secondary N) is 1. The SMILES string of the molecule is CCc1cccc(CC)c1N1C(=O)c2cccc(C(=O)NC(C)(C)c3ccccc3)c2C1=O. The number of hydrogen-bond donors (Lipinski definition) is 1. The largest absolute Gasteiger partial charge is 0.343 e. The summed E-state index contributed by atoms with van der Waals surface area (Å²) in [5.74, 6) is -1.22. The van der Waals surface area contributed by atoms with E-state index in [1.165, 1.54) is 4.90 Å². The number of benzene rings is 3. The van der Waals surface area contributed by atoms with Gasteiger partial charge in [-0.05, 0) is 55.5 Å². The Labute approximate surface area is 194 Å². The molecule has 0 atom stereocenters. The molecule has 168 valence electrons. The van der Waals surface area contributed by atoms with Crippen LogP contribution in [-0.4, -0.2) is 17.7 Å². The minimum absolute atomic E-state index is 0.164. The second kappa shape index (κ2) is 8.66. The molecule has 0 aromatic heterocycles. The number of carbonyl (C=O) groups is 3. The van der Waals surface area contributed by atoms with Crippen molar-refractivity contribution >= 4 is 23.4 Å². The number of para-hydroxylation sites is 1. The number of aryl methyl sites for hydroxylation is 2. The van der Waals surface area contributed by atoms with Gasteiger partial charge in [0.15, 0.2) is 0 Å². The molecule has 1 N–H and O–H groups in total. The first-order valence-electron chi connectivity index (χ1n) is 11.3. The summed E-state index contributed by atoms with van der Waals surface area (Å²) >= 11 is 0. The van der Waals surface area contributed by atoms with Gasteiger partial charge in [-0.2, -0.15) is 0 Å². The normalized spacial score (nSPS) is 13.3. The number of nitrogens with zero attached hydrogens (tertiary/aromatic N) is 1. The van der Waals surface area contributed by atoms with E-state index in [-0.39, 0.29) is 28.5 Å². The van der Waals surface area contributed by atoms with Crippen LogP contribution in [0.5, 0.6) is 0 Å². The second-order valence-electron chi connectivity index (χ2n) is 8.75. The Bertz CT molecular complexity index is 1220. The standard InChI is InChI=1S/C28H28N2O3/c1-5-18-12-10-13-19(6-2)24(18)30-26(32)22-17-11-16-21(23(22)27(30)33)25(31)29-28(3,4)20-14-8-7-9-15-20/h7-17H,5-6H2,1-4H3,(H,29,31). The zero-order valence-electron chi connectivity index (χ0n) is 19.4. The molecule has 0 fully saturated rings. The van der Waals surface area contributed by atoms with Crippen molar-refractivity contribution in [2.45, 2.75) is 46.1 Å². The molecule has 0 aliphatic carbocycles. The van der Waals surface area contributed by atoms with Gasteiger partial charge in [-0.1, -0.05) is 68.4 Å². The van der Waals surface area contributed by atoms with Crippen molar-refractivity contribution in [2.75, 3.05) is 4.90 Å². The van der Waals surface area contributed by atoms with Crippen molar-refractivity contribution in [3.05, 3.63) is 100 Å². The highest BCUT2D eigenvalue weighted by molar-refractivity contribution is 6.36. The average Bonchev–Trinajstić information content (AvgIpc) is 3.08. The van der Waals surface area contributed by atoms with Crippen molar-refractivity contribution in [3.63, 3.8) is 0 Å². The van der Waals surface area contributed by atoms with E-state index >= 15 is 0 Å². The summed E-state index contributed by atoms with van der Waals surface area (Å²) in [4.78, 5) is 41.6. The summed E-state index contributed by atoms with van der Waals surface area (Å²) < 4.78 is 0. The summed E-state index contributed by atoms with van der Waals surface area (Å²) in [5.41, 5.74) is 3.43. The van der Waals surface area contributed by atoms with Crippen LogP contribution in [0.2, 0.25) is 0 Å². The maximum absolute atomic E-state index is 13.6. The summed E-state index contributed by atoms with van der Waals surface area (Å²) in [6.45, 7) is 7.82. The van der Waals surface area contributed by atoms with Gasteiger partial charge in [-0.25, -0.2) is 4.90 Å². The third-order valence-corrected chi connectivity index (χ3v) is 6.27. The van der Waals surface area contributed by atoms with Crippen LogP contribution >= 0.6 is 0 Å². The van der Waals surface area contributed by atoms with Crippen molar-refractivity contribution in [1.82, 2.24) is 5.32 Å². The van der Waals surface area contributed by atoms with Gasteiger partial charge in [-0.3, -0.25) is 14.4 Å². The van der Waals surface area contributed by atoms with Crippen LogP contribution in [-0.2, 0) is 18.4 Å². The number of amides is 3. The van der Waals surface area contributed by atoms with Crippen LogP contribution in [0, 0.1) is 0 Å². The molecule has 3 amide bonds. The first-order chi connectivity index (χ1) is 15.8. The van der Waals surface area contributed by atoms with Crippen molar-refractivity contribution < 1.29 is 14.4 Å². The lowest BCUT2D eigenvalue weighted by atomic mass is 9.93. The minimum Gasteiger partial charge on any atom is -0.343 e. The Hall–Kier alpha value is -3.73. The lowest BCUT2D eigenvalue weighted by Gasteiger charge is -2.27. The molecule has 1 aliphatic heterocycles. The molecule has 0 saturated heterocycles. The molecule has 1 aliphatic rings. The molecule has 0 spiro atoms. The van der Waals surface area contributed by atoms with Gasteiger partial charge in [0.2, 0.25) is 0 Å². The van der Waals surface area contributed by atoms with E-state index in [4.69, 9.17) is 0 Å². The van der Waals surface area contributed by atoms with Gasteiger partial charge in [0, 0.05) is 0 Å². The lowest BCUT2D eigenvalue weighted by molar-refractivity contribution is 0.0890. The predicted molar refractivity (Wildman–Crippen MR) is 130 cm³/mol. The van der Waals surface area contributed by atoms with Gasteiger partial charge in [-0.15, -0.1) is 0 Å². The molecule has 3 aromatic rings. The summed E-state index contributed by atoms with van der Waals surface area (Å²) in [6.07, 6.45) is 1.38. The van der Waals surface area contributed by atoms with Gasteiger partial charge in [0.25, 0.3) is 17.7 Å². The van der Waals surface area contributed by atoms with Gasteiger partial charge >= 0.3 is 0 Å². The van der Waals surface area contributed by atoms with Crippen LogP contribution in [0.1, 0.15) is 75.5 Å². The van der Waals surface area contributed by atoms with E-state index in [0.717, 1.165) is 16.7 Å². The van der Waals surface area contributed by atoms with E-state index in [1.807, 2.05) is 76.2 Å². The van der Waals surface area contributed by atoms with Crippen LogP contribution in [0.15, 0.2) is 66.7 Å². The predicted octanol–water partition coefficient (Wildman–Crippen LogP) is 5.28. The average molecular weight is 441 g/mol. The Morgan fingerprint density at radius 1 is 0.818 bits per heavy atom. The van der Waals surface area contributed by atoms with E-state index in [9.17, 15) is 14.4 Å². The summed E-state index contributed by atoms with van der Waals surface area (Å²) in [6, 6.07) is 20.4. The molecule has 5 heteroatoms. The Balaban J connectivity index is 1.75. The molecule has 0 radical (unpaired) electrons. The highest BCUT2D eigenvalue weighted by atomic mass is 16.2. The fraction of sp³-hybridized carbons (Fsp3) is 0.250. The monoisotopic (exact) mass is 440 g/mol. The number of imide groups is 1. The Morgan fingerprint density at radius 3 is 2.03 bits per heavy atom. The van der Waals surface area contributed by atoms with Crippen LogP contribution < -0.4 is 10.2 Å². The Kier molecular flexibility index (Phi) is 5.90. The third-order valence-electron chi connectivity index (χ3n) is 6.27. The fourth-order valence-corrected chi connectivity index (χ4v) is 4.46. The number of rotatable bonds is 6. The fourth-order valence-electron chi connectivity index (χ4n) is 4.46. The highest BCUT2D eigenvalue weighted by Gasteiger charge is 2.41. The van der Waals surface area contributed by atoms with E-state index < -0.39 is 11.4 Å². The molecule has 0 bridgehead atoms. The van der Waals surface area contributed by atoms with Crippen LogP contribution in [0.4, 0.5) is 5.69 Å². The van der Waals surface area contributed by atoms with Gasteiger partial charge in [0.05, 0.1) is 27.9 Å². The molecule has 1 heterocycles. The molecular formula is C28H28N2O3. The van der Waals surface area contributed by atoms with Crippen LogP contribution in [0.3, 0.4) is 0 Å². The first kappa shape index (κ1) is 22.5. The van der Waals surface area contributed by atoms with E-state index in [2.05, 4.69) is 5.32 Å². The minimum atomic E-state index is -0.656. The molecule has 33 heavy (non-hydrogen) atoms. The van der Waals surface area contributed by atoms with Gasteiger partial charge in [0.1, 0.15) is 0 Å². The lowest BCUT2D eigenvalue weighted by Crippen LogP contribution is -2.41. The first-order valence-corrected chi connectivity index (χ1v) is 11.3. The molecule has 5 nitrogen and oxygen atoms in total. The van der Waals surface area contributed by atoms with Crippen molar-refractivity contribution in [1.29, 1.82) is 0 Å². The topological polar surface area (TPSA) is 66.5 Å². The summed E-state index contributed by atoms with van der Waals surface area (Å²) in [5, 5.41) is 3.03.